The van der Waals surface area contributed by atoms with E-state index in [0.29, 0.717) is 30.1 Å². The number of carbonyl (C=O) groups excluding carboxylic acids is 1. The van der Waals surface area contributed by atoms with Gasteiger partial charge in [-0.2, -0.15) is 4.98 Å². The summed E-state index contributed by atoms with van der Waals surface area (Å²) in [6, 6.07) is 16.7. The van der Waals surface area contributed by atoms with Gasteiger partial charge in [0.2, 0.25) is 5.82 Å². The van der Waals surface area contributed by atoms with Crippen molar-refractivity contribution in [2.45, 2.75) is 83.3 Å². The van der Waals surface area contributed by atoms with E-state index in [4.69, 9.17) is 9.26 Å². The van der Waals surface area contributed by atoms with E-state index < -0.39 is 5.60 Å². The molecule has 0 radical (unpaired) electrons. The van der Waals surface area contributed by atoms with Crippen LogP contribution in [-0.4, -0.2) is 33.3 Å². The molecular formula is C32H39N3O3. The highest BCUT2D eigenvalue weighted by molar-refractivity contribution is 5.69. The van der Waals surface area contributed by atoms with Gasteiger partial charge in [-0.1, -0.05) is 66.9 Å². The summed E-state index contributed by atoms with van der Waals surface area (Å²) in [6.07, 6.45) is 10.0. The topological polar surface area (TPSA) is 68.5 Å². The van der Waals surface area contributed by atoms with Crippen molar-refractivity contribution >= 4 is 6.09 Å². The first-order valence-corrected chi connectivity index (χ1v) is 14.0. The Kier molecular flexibility index (Phi) is 7.68. The number of benzene rings is 2. The van der Waals surface area contributed by atoms with Crippen LogP contribution in [0.4, 0.5) is 4.79 Å². The average Bonchev–Trinajstić information content (AvgIpc) is 3.57. The summed E-state index contributed by atoms with van der Waals surface area (Å²) in [5.41, 5.74) is 3.77. The number of ether oxygens (including phenoxy) is 1. The molecule has 1 aromatic heterocycles. The molecule has 0 bridgehead atoms. The lowest BCUT2D eigenvalue weighted by Gasteiger charge is -2.29. The van der Waals surface area contributed by atoms with Crippen LogP contribution >= 0.6 is 0 Å². The maximum atomic E-state index is 13.0. The van der Waals surface area contributed by atoms with Gasteiger partial charge >= 0.3 is 6.09 Å². The number of aromatic nitrogens is 2. The minimum absolute atomic E-state index is 0.0349. The van der Waals surface area contributed by atoms with E-state index in [0.717, 1.165) is 29.5 Å². The first-order chi connectivity index (χ1) is 18.3. The molecule has 3 aromatic rings. The van der Waals surface area contributed by atoms with Gasteiger partial charge in [0.1, 0.15) is 5.60 Å². The summed E-state index contributed by atoms with van der Waals surface area (Å²) < 4.78 is 11.3. The third kappa shape index (κ3) is 6.01. The molecule has 1 amide bonds. The fourth-order valence-electron chi connectivity index (χ4n) is 5.81. The first-order valence-electron chi connectivity index (χ1n) is 14.0. The molecular weight excluding hydrogens is 474 g/mol. The molecule has 200 valence electrons. The van der Waals surface area contributed by atoms with E-state index in [1.165, 1.54) is 37.7 Å². The lowest BCUT2D eigenvalue weighted by molar-refractivity contribution is 0.0219. The third-order valence-corrected chi connectivity index (χ3v) is 7.73. The van der Waals surface area contributed by atoms with E-state index >= 15 is 0 Å². The highest BCUT2D eigenvalue weighted by Gasteiger charge is 2.37. The lowest BCUT2D eigenvalue weighted by atomic mass is 9.84. The van der Waals surface area contributed by atoms with Crippen LogP contribution in [0, 0.1) is 5.92 Å². The molecule has 0 N–H and O–H groups in total. The summed E-state index contributed by atoms with van der Waals surface area (Å²) in [5, 5.41) is 4.24. The van der Waals surface area contributed by atoms with Gasteiger partial charge in [-0.15, -0.1) is 6.58 Å². The Labute approximate surface area is 226 Å². The van der Waals surface area contributed by atoms with Crippen LogP contribution in [0.2, 0.25) is 0 Å². The van der Waals surface area contributed by atoms with Crippen LogP contribution in [0.1, 0.15) is 88.8 Å². The largest absolute Gasteiger partial charge is 0.444 e. The van der Waals surface area contributed by atoms with E-state index in [2.05, 4.69) is 53.1 Å². The third-order valence-electron chi connectivity index (χ3n) is 7.73. The molecule has 6 heteroatoms. The van der Waals surface area contributed by atoms with Crippen LogP contribution in [-0.2, 0) is 4.74 Å². The van der Waals surface area contributed by atoms with Gasteiger partial charge in [0.05, 0.1) is 6.04 Å². The van der Waals surface area contributed by atoms with Crippen LogP contribution in [0.25, 0.3) is 22.8 Å². The molecule has 6 nitrogen and oxygen atoms in total. The van der Waals surface area contributed by atoms with E-state index in [9.17, 15) is 4.79 Å². The maximum Gasteiger partial charge on any atom is 0.410 e. The molecule has 0 spiro atoms. The number of carbonyl (C=O) groups is 1. The SMILES string of the molecule is C=CC[C@@H]1C[C@@H](c2ccc(-c3noc(-c4ccc(C5CCCCC5)cc4)n3)cc2)N(C(=O)OC(C)(C)C)C1. The Balaban J connectivity index is 1.30. The van der Waals surface area contributed by atoms with Crippen molar-refractivity contribution in [1.82, 2.24) is 15.0 Å². The molecule has 2 aromatic carbocycles. The number of amides is 1. The Bertz CT molecular complexity index is 1230. The van der Waals surface area contributed by atoms with Gasteiger partial charge < -0.3 is 14.2 Å². The number of hydrogen-bond acceptors (Lipinski definition) is 5. The Morgan fingerprint density at radius 2 is 1.68 bits per heavy atom. The molecule has 1 saturated carbocycles. The minimum atomic E-state index is -0.533. The van der Waals surface area contributed by atoms with Crippen LogP contribution in [0.3, 0.4) is 0 Å². The molecule has 1 aliphatic heterocycles. The molecule has 2 fully saturated rings. The molecule has 1 aliphatic carbocycles. The van der Waals surface area contributed by atoms with Crippen molar-refractivity contribution < 1.29 is 14.1 Å². The van der Waals surface area contributed by atoms with Crippen molar-refractivity contribution in [3.8, 4) is 22.8 Å². The van der Waals surface area contributed by atoms with E-state index in [1.807, 2.05) is 43.9 Å². The molecule has 1 saturated heterocycles. The molecule has 0 unspecified atom stereocenters. The molecule has 2 heterocycles. The molecule has 2 atom stereocenters. The fraction of sp³-hybridized carbons (Fsp3) is 0.469. The Hall–Kier alpha value is -3.41. The average molecular weight is 514 g/mol. The molecule has 2 aliphatic rings. The molecule has 5 rings (SSSR count). The van der Waals surface area contributed by atoms with Gasteiger partial charge in [-0.05, 0) is 81.5 Å². The predicted molar refractivity (Wildman–Crippen MR) is 150 cm³/mol. The van der Waals surface area contributed by atoms with Crippen LogP contribution < -0.4 is 0 Å². The minimum Gasteiger partial charge on any atom is -0.444 e. The lowest BCUT2D eigenvalue weighted by Crippen LogP contribution is -2.36. The monoisotopic (exact) mass is 513 g/mol. The second-order valence-electron chi connectivity index (χ2n) is 11.8. The molecule has 38 heavy (non-hydrogen) atoms. The highest BCUT2D eigenvalue weighted by atomic mass is 16.6. The van der Waals surface area contributed by atoms with E-state index in [-0.39, 0.29) is 12.1 Å². The van der Waals surface area contributed by atoms with Crippen molar-refractivity contribution in [1.29, 1.82) is 0 Å². The smallest absolute Gasteiger partial charge is 0.410 e. The zero-order valence-electron chi connectivity index (χ0n) is 22.9. The summed E-state index contributed by atoms with van der Waals surface area (Å²) >= 11 is 0. The zero-order valence-corrected chi connectivity index (χ0v) is 22.9. The quantitative estimate of drug-likeness (QED) is 0.310. The summed E-state index contributed by atoms with van der Waals surface area (Å²) in [5.74, 6) is 2.13. The summed E-state index contributed by atoms with van der Waals surface area (Å²) in [7, 11) is 0. The van der Waals surface area contributed by atoms with Crippen molar-refractivity contribution in [3.05, 3.63) is 72.3 Å². The number of likely N-dealkylation sites (tertiary alicyclic amines) is 1. The maximum absolute atomic E-state index is 13.0. The van der Waals surface area contributed by atoms with Gasteiger partial charge in [0.15, 0.2) is 0 Å². The normalized spacial score (nSPS) is 20.4. The fourth-order valence-corrected chi connectivity index (χ4v) is 5.81. The van der Waals surface area contributed by atoms with Crippen LogP contribution in [0.5, 0.6) is 0 Å². The van der Waals surface area contributed by atoms with Crippen molar-refractivity contribution in [2.75, 3.05) is 6.54 Å². The number of nitrogens with zero attached hydrogens (tertiary/aromatic N) is 3. The number of rotatable bonds is 6. The van der Waals surface area contributed by atoms with Gasteiger partial charge in [-0.25, -0.2) is 4.79 Å². The predicted octanol–water partition coefficient (Wildman–Crippen LogP) is 8.33. The standard InChI is InChI=1S/C32H39N3O3/c1-5-9-22-20-28(35(21-22)31(36)37-32(2,3)4)25-14-16-26(17-15-25)29-33-30(38-34-29)27-18-12-24(13-19-27)23-10-7-6-8-11-23/h5,12-19,22-23,28H,1,6-11,20-21H2,2-4H3/t22-,28+/m1/s1. The number of hydrogen-bond donors (Lipinski definition) is 0. The zero-order chi connectivity index (χ0) is 26.7. The van der Waals surface area contributed by atoms with Gasteiger partial charge in [-0.3, -0.25) is 0 Å². The highest BCUT2D eigenvalue weighted by Crippen LogP contribution is 2.39. The Morgan fingerprint density at radius 3 is 2.34 bits per heavy atom. The van der Waals surface area contributed by atoms with Gasteiger partial charge in [0, 0.05) is 17.7 Å². The van der Waals surface area contributed by atoms with E-state index in [1.54, 1.807) is 0 Å². The van der Waals surface area contributed by atoms with Crippen molar-refractivity contribution in [2.24, 2.45) is 5.92 Å². The summed E-state index contributed by atoms with van der Waals surface area (Å²) in [4.78, 5) is 19.5. The van der Waals surface area contributed by atoms with Crippen molar-refractivity contribution in [3.63, 3.8) is 0 Å². The second kappa shape index (κ2) is 11.1. The first kappa shape index (κ1) is 26.2. The number of allylic oxidation sites excluding steroid dienone is 1. The van der Waals surface area contributed by atoms with Crippen LogP contribution in [0.15, 0.2) is 65.7 Å². The summed E-state index contributed by atoms with van der Waals surface area (Å²) in [6.45, 7) is 10.3. The second-order valence-corrected chi connectivity index (χ2v) is 11.8. The van der Waals surface area contributed by atoms with Gasteiger partial charge in [0.25, 0.3) is 5.89 Å². The Morgan fingerprint density at radius 1 is 1.03 bits per heavy atom.